The fourth-order valence-corrected chi connectivity index (χ4v) is 6.53. The van der Waals surface area contributed by atoms with Crippen LogP contribution in [0.3, 0.4) is 0 Å². The highest BCUT2D eigenvalue weighted by atomic mass is 31.2. The van der Waals surface area contributed by atoms with Crippen LogP contribution in [-0.2, 0) is 32.7 Å². The zero-order valence-electron chi connectivity index (χ0n) is 38.2. The first-order chi connectivity index (χ1) is 28.5. The fraction of sp³-hybridized carbons (Fsp3) is 0.714. The molecule has 0 aliphatic rings. The lowest BCUT2D eigenvalue weighted by atomic mass is 10.1. The summed E-state index contributed by atoms with van der Waals surface area (Å²) in [7, 11) is 1.42. The number of likely N-dealkylation sites (N-methyl/N-ethyl adjacent to an activating group) is 1. The van der Waals surface area contributed by atoms with Crippen molar-refractivity contribution in [1.29, 1.82) is 0 Å². The summed E-state index contributed by atoms with van der Waals surface area (Å²) in [5, 5.41) is 0. The maximum atomic E-state index is 12.7. The van der Waals surface area contributed by atoms with Gasteiger partial charge in [-0.2, -0.15) is 0 Å². The van der Waals surface area contributed by atoms with E-state index in [4.69, 9.17) is 18.5 Å². The van der Waals surface area contributed by atoms with E-state index in [2.05, 4.69) is 80.7 Å². The largest absolute Gasteiger partial charge is 0.472 e. The van der Waals surface area contributed by atoms with Crippen LogP contribution in [0.15, 0.2) is 72.9 Å². The number of phosphoric ester groups is 1. The summed E-state index contributed by atoms with van der Waals surface area (Å²) in [6.45, 7) is 4.28. The van der Waals surface area contributed by atoms with Crippen LogP contribution < -0.4 is 0 Å². The maximum Gasteiger partial charge on any atom is 0.472 e. The Bertz CT molecular complexity index is 1230. The third-order valence-corrected chi connectivity index (χ3v) is 10.4. The van der Waals surface area contributed by atoms with Gasteiger partial charge in [0.15, 0.2) is 6.10 Å². The van der Waals surface area contributed by atoms with Crippen LogP contribution in [0.2, 0.25) is 0 Å². The van der Waals surface area contributed by atoms with Gasteiger partial charge in [-0.1, -0.05) is 157 Å². The summed E-state index contributed by atoms with van der Waals surface area (Å²) in [6, 6.07) is 0. The Morgan fingerprint density at radius 2 is 0.949 bits per heavy atom. The van der Waals surface area contributed by atoms with Crippen molar-refractivity contribution in [2.24, 2.45) is 0 Å². The van der Waals surface area contributed by atoms with Gasteiger partial charge in [-0.05, 0) is 77.0 Å². The van der Waals surface area contributed by atoms with Gasteiger partial charge in [0.2, 0.25) is 0 Å². The molecule has 0 saturated carbocycles. The number of rotatable bonds is 41. The SMILES string of the molecule is CCCC/C=C/C/C=C/CCCCCCCC(=O)OC[C@H](COP(=O)(O)OCC[N+](C)(C)C)OC(=O)CCC/C=C/C/C=C/C/C=C/C/C=C/CCCCCCCCC. The van der Waals surface area contributed by atoms with Gasteiger partial charge >= 0.3 is 19.8 Å². The predicted molar refractivity (Wildman–Crippen MR) is 247 cm³/mol. The molecule has 0 spiro atoms. The summed E-state index contributed by atoms with van der Waals surface area (Å²) in [6.07, 6.45) is 51.0. The maximum absolute atomic E-state index is 12.7. The number of quaternary nitrogens is 1. The third-order valence-electron chi connectivity index (χ3n) is 9.46. The quantitative estimate of drug-likeness (QED) is 0.0213. The number of hydrogen-bond acceptors (Lipinski definition) is 7. The second-order valence-electron chi connectivity index (χ2n) is 16.4. The Morgan fingerprint density at radius 3 is 1.46 bits per heavy atom. The minimum absolute atomic E-state index is 0.0157. The average molecular weight is 849 g/mol. The van der Waals surface area contributed by atoms with E-state index in [1.54, 1.807) is 0 Å². The van der Waals surface area contributed by atoms with Crippen molar-refractivity contribution in [3.05, 3.63) is 72.9 Å². The fourth-order valence-electron chi connectivity index (χ4n) is 5.79. The van der Waals surface area contributed by atoms with Crippen molar-refractivity contribution < 1.29 is 42.1 Å². The minimum atomic E-state index is -4.40. The molecule has 2 atom stereocenters. The van der Waals surface area contributed by atoms with Gasteiger partial charge in [0.05, 0.1) is 27.7 Å². The number of nitrogens with zero attached hydrogens (tertiary/aromatic N) is 1. The first kappa shape index (κ1) is 56.5. The molecule has 0 fully saturated rings. The number of esters is 2. The van der Waals surface area contributed by atoms with Crippen LogP contribution in [-0.4, -0.2) is 74.9 Å². The molecule has 0 aromatic heterocycles. The summed E-state index contributed by atoms with van der Waals surface area (Å²) in [5.74, 6) is -0.886. The van der Waals surface area contributed by atoms with Gasteiger partial charge in [-0.25, -0.2) is 4.57 Å². The summed E-state index contributed by atoms with van der Waals surface area (Å²) in [5.41, 5.74) is 0. The molecule has 10 heteroatoms. The van der Waals surface area contributed by atoms with Crippen LogP contribution in [0, 0.1) is 0 Å². The Morgan fingerprint density at radius 1 is 0.525 bits per heavy atom. The lowest BCUT2D eigenvalue weighted by Gasteiger charge is -2.24. The molecule has 59 heavy (non-hydrogen) atoms. The van der Waals surface area contributed by atoms with Crippen LogP contribution in [0.25, 0.3) is 0 Å². The monoisotopic (exact) mass is 849 g/mol. The summed E-state index contributed by atoms with van der Waals surface area (Å²) in [4.78, 5) is 35.4. The zero-order chi connectivity index (χ0) is 43.6. The molecule has 0 bridgehead atoms. The molecule has 0 saturated heterocycles. The molecule has 1 N–H and O–H groups in total. The summed E-state index contributed by atoms with van der Waals surface area (Å²) < 4.78 is 34.2. The average Bonchev–Trinajstić information content (AvgIpc) is 3.19. The predicted octanol–water partition coefficient (Wildman–Crippen LogP) is 13.4. The topological polar surface area (TPSA) is 108 Å². The van der Waals surface area contributed by atoms with Crippen LogP contribution in [0.4, 0.5) is 0 Å². The van der Waals surface area contributed by atoms with E-state index in [-0.39, 0.29) is 26.1 Å². The lowest BCUT2D eigenvalue weighted by molar-refractivity contribution is -0.870. The molecule has 0 aliphatic carbocycles. The number of allylic oxidation sites excluding steroid dienone is 12. The van der Waals surface area contributed by atoms with Crippen molar-refractivity contribution in [3.63, 3.8) is 0 Å². The highest BCUT2D eigenvalue weighted by Gasteiger charge is 2.27. The van der Waals surface area contributed by atoms with Gasteiger partial charge in [0, 0.05) is 12.8 Å². The molecule has 1 unspecified atom stereocenters. The number of ether oxygens (including phenoxy) is 2. The Hall–Kier alpha value is -2.55. The van der Waals surface area contributed by atoms with E-state index in [0.29, 0.717) is 30.3 Å². The van der Waals surface area contributed by atoms with Crippen molar-refractivity contribution in [3.8, 4) is 0 Å². The third kappa shape index (κ3) is 44.8. The minimum Gasteiger partial charge on any atom is -0.462 e. The first-order valence-electron chi connectivity index (χ1n) is 23.2. The Kier molecular flexibility index (Phi) is 39.1. The number of phosphoric acid groups is 1. The van der Waals surface area contributed by atoms with Crippen molar-refractivity contribution in [1.82, 2.24) is 0 Å². The first-order valence-corrected chi connectivity index (χ1v) is 24.7. The Labute approximate surface area is 361 Å². The van der Waals surface area contributed by atoms with Crippen LogP contribution in [0.1, 0.15) is 174 Å². The van der Waals surface area contributed by atoms with Crippen molar-refractivity contribution in [2.75, 3.05) is 47.5 Å². The Balaban J connectivity index is 4.46. The molecule has 340 valence electrons. The van der Waals surface area contributed by atoms with Gasteiger partial charge in [-0.3, -0.25) is 18.6 Å². The molecule has 0 aromatic carbocycles. The highest BCUT2D eigenvalue weighted by Crippen LogP contribution is 2.43. The van der Waals surface area contributed by atoms with Gasteiger partial charge < -0.3 is 18.9 Å². The van der Waals surface area contributed by atoms with Gasteiger partial charge in [0.1, 0.15) is 19.8 Å². The van der Waals surface area contributed by atoms with E-state index in [1.165, 1.54) is 64.2 Å². The second kappa shape index (κ2) is 40.8. The van der Waals surface area contributed by atoms with E-state index in [9.17, 15) is 19.0 Å². The van der Waals surface area contributed by atoms with E-state index in [0.717, 1.165) is 64.2 Å². The van der Waals surface area contributed by atoms with Crippen molar-refractivity contribution in [2.45, 2.75) is 180 Å². The van der Waals surface area contributed by atoms with Gasteiger partial charge in [0.25, 0.3) is 0 Å². The lowest BCUT2D eigenvalue weighted by Crippen LogP contribution is -2.37. The smallest absolute Gasteiger partial charge is 0.462 e. The van der Waals surface area contributed by atoms with Crippen molar-refractivity contribution >= 4 is 19.8 Å². The van der Waals surface area contributed by atoms with Crippen LogP contribution >= 0.6 is 7.82 Å². The van der Waals surface area contributed by atoms with E-state index in [1.807, 2.05) is 27.2 Å². The summed E-state index contributed by atoms with van der Waals surface area (Å²) >= 11 is 0. The number of carbonyl (C=O) groups excluding carboxylic acids is 2. The molecular formula is C49H87NO8P+. The molecule has 0 heterocycles. The molecule has 0 radical (unpaired) electrons. The molecule has 9 nitrogen and oxygen atoms in total. The second-order valence-corrected chi connectivity index (χ2v) is 17.9. The zero-order valence-corrected chi connectivity index (χ0v) is 39.1. The molecule has 0 aromatic rings. The van der Waals surface area contributed by atoms with E-state index >= 15 is 0 Å². The molecule has 0 aliphatic heterocycles. The van der Waals surface area contributed by atoms with E-state index < -0.39 is 32.5 Å². The number of carbonyl (C=O) groups is 2. The molecular weight excluding hydrogens is 762 g/mol. The standard InChI is InChI=1S/C49H86NO8P/c1-6-8-10-12-14-16-18-20-22-23-24-25-26-27-28-30-32-34-36-38-40-42-49(52)58-47(46-57-59(53,54)56-44-43-50(3,4)5)45-55-48(51)41-39-37-35-33-31-29-21-19-17-15-13-11-9-7-2/h13,15,19,21-23,25-26,28,30,34,36,47H,6-12,14,16-18,20,24,27,29,31-33,35,37-46H2,1-5H3/p+1/b15-13+,21-19+,23-22+,26-25+,30-28+,36-34+/t47-/m1/s1. The number of hydrogen-bond donors (Lipinski definition) is 1. The van der Waals surface area contributed by atoms with Gasteiger partial charge in [-0.15, -0.1) is 0 Å². The number of unbranched alkanes of at least 4 members (excludes halogenated alkanes) is 15. The molecule has 0 rings (SSSR count). The highest BCUT2D eigenvalue weighted by molar-refractivity contribution is 7.47. The molecule has 0 amide bonds. The normalized spacial score (nSPS) is 14.2. The van der Waals surface area contributed by atoms with Crippen LogP contribution in [0.5, 0.6) is 0 Å².